The lowest BCUT2D eigenvalue weighted by atomic mass is 9.90. The van der Waals surface area contributed by atoms with Crippen LogP contribution < -0.4 is 10.2 Å². The van der Waals surface area contributed by atoms with E-state index in [1.54, 1.807) is 24.3 Å². The molecular formula is C32H32N2O4. The average Bonchev–Trinajstić information content (AvgIpc) is 3.38. The number of aliphatic carboxylic acids is 2. The summed E-state index contributed by atoms with van der Waals surface area (Å²) in [6, 6.07) is 30.1. The highest BCUT2D eigenvalue weighted by molar-refractivity contribution is 5.86. The normalized spacial score (nSPS) is 16.9. The summed E-state index contributed by atoms with van der Waals surface area (Å²) in [6.07, 6.45) is 0.955. The number of benzene rings is 4. The minimum Gasteiger partial charge on any atom is -0.481 e. The summed E-state index contributed by atoms with van der Waals surface area (Å²) in [5, 5.41) is 25.3. The van der Waals surface area contributed by atoms with Gasteiger partial charge >= 0.3 is 11.9 Å². The molecule has 38 heavy (non-hydrogen) atoms. The van der Waals surface area contributed by atoms with Gasteiger partial charge in [0.25, 0.3) is 0 Å². The number of carbonyl (C=O) groups is 2. The molecule has 4 aromatic rings. The lowest BCUT2D eigenvalue weighted by Crippen LogP contribution is -2.34. The zero-order valence-corrected chi connectivity index (χ0v) is 21.4. The van der Waals surface area contributed by atoms with Crippen LogP contribution in [0.15, 0.2) is 91.0 Å². The monoisotopic (exact) mass is 508 g/mol. The predicted octanol–water partition coefficient (Wildman–Crippen LogP) is 5.61. The maximum Gasteiger partial charge on any atom is 0.315 e. The van der Waals surface area contributed by atoms with E-state index >= 15 is 0 Å². The molecule has 6 nitrogen and oxygen atoms in total. The summed E-state index contributed by atoms with van der Waals surface area (Å²) in [5.74, 6) is -2.65. The van der Waals surface area contributed by atoms with E-state index in [-0.39, 0.29) is 12.5 Å². The topological polar surface area (TPSA) is 89.9 Å². The standard InChI is InChI=1S/C32H32N2O4/c1-21(28-8-4-6-23-5-2-3-7-29(23)28)33-26-17-18-34(20-26)27-15-13-25(14-16-27)31(32(37)38)24-11-9-22(10-12-24)19-30(35)36/h2-16,21,26,31,33H,17-20H2,1H3,(H,35,36)(H,37,38)/t21-,26+,31?/m1/s1. The second-order valence-electron chi connectivity index (χ2n) is 10.1. The van der Waals surface area contributed by atoms with Gasteiger partial charge in [-0.1, -0.05) is 78.9 Å². The Morgan fingerprint density at radius 3 is 2.24 bits per heavy atom. The van der Waals surface area contributed by atoms with Crippen LogP contribution in [0, 0.1) is 0 Å². The highest BCUT2D eigenvalue weighted by Gasteiger charge is 2.26. The first kappa shape index (κ1) is 25.5. The quantitative estimate of drug-likeness (QED) is 0.272. The van der Waals surface area contributed by atoms with Crippen molar-refractivity contribution in [3.8, 4) is 0 Å². The molecule has 0 spiro atoms. The van der Waals surface area contributed by atoms with E-state index in [4.69, 9.17) is 5.11 Å². The van der Waals surface area contributed by atoms with Gasteiger partial charge in [-0.05, 0) is 58.5 Å². The highest BCUT2D eigenvalue weighted by atomic mass is 16.4. The van der Waals surface area contributed by atoms with E-state index in [1.165, 1.54) is 16.3 Å². The number of nitrogens with zero attached hydrogens (tertiary/aromatic N) is 1. The van der Waals surface area contributed by atoms with Crippen molar-refractivity contribution in [3.05, 3.63) is 113 Å². The molecule has 1 aliphatic heterocycles. The Balaban J connectivity index is 1.25. The van der Waals surface area contributed by atoms with Gasteiger partial charge in [-0.2, -0.15) is 0 Å². The molecule has 6 heteroatoms. The molecule has 1 unspecified atom stereocenters. The van der Waals surface area contributed by atoms with E-state index in [9.17, 15) is 14.7 Å². The lowest BCUT2D eigenvalue weighted by Gasteiger charge is -2.23. The van der Waals surface area contributed by atoms with E-state index < -0.39 is 17.9 Å². The summed E-state index contributed by atoms with van der Waals surface area (Å²) >= 11 is 0. The van der Waals surface area contributed by atoms with Crippen LogP contribution in [0.3, 0.4) is 0 Å². The van der Waals surface area contributed by atoms with Crippen LogP contribution in [0.5, 0.6) is 0 Å². The Morgan fingerprint density at radius 1 is 0.895 bits per heavy atom. The van der Waals surface area contributed by atoms with Crippen molar-refractivity contribution in [2.45, 2.75) is 37.8 Å². The van der Waals surface area contributed by atoms with Crippen LogP contribution in [0.25, 0.3) is 10.8 Å². The molecule has 5 rings (SSSR count). The molecule has 4 aromatic carbocycles. The Hall–Kier alpha value is -4.16. The van der Waals surface area contributed by atoms with E-state index in [2.05, 4.69) is 59.6 Å². The zero-order chi connectivity index (χ0) is 26.6. The molecule has 194 valence electrons. The number of hydrogen-bond acceptors (Lipinski definition) is 4. The fourth-order valence-electron chi connectivity index (χ4n) is 5.56. The highest BCUT2D eigenvalue weighted by Crippen LogP contribution is 2.30. The van der Waals surface area contributed by atoms with Gasteiger partial charge in [0.2, 0.25) is 0 Å². The third-order valence-electron chi connectivity index (χ3n) is 7.47. The predicted molar refractivity (Wildman–Crippen MR) is 150 cm³/mol. The maximum atomic E-state index is 12.1. The Bertz CT molecular complexity index is 1430. The molecule has 0 bridgehead atoms. The lowest BCUT2D eigenvalue weighted by molar-refractivity contribution is -0.138. The first-order valence-electron chi connectivity index (χ1n) is 13.0. The van der Waals surface area contributed by atoms with Gasteiger partial charge < -0.3 is 20.4 Å². The van der Waals surface area contributed by atoms with Crippen LogP contribution in [0.4, 0.5) is 5.69 Å². The van der Waals surface area contributed by atoms with Crippen molar-refractivity contribution in [1.29, 1.82) is 0 Å². The molecule has 1 aliphatic rings. The molecular weight excluding hydrogens is 476 g/mol. The number of hydrogen-bond donors (Lipinski definition) is 3. The summed E-state index contributed by atoms with van der Waals surface area (Å²) in [4.78, 5) is 25.4. The molecule has 1 fully saturated rings. The molecule has 0 saturated carbocycles. The zero-order valence-electron chi connectivity index (χ0n) is 21.4. The van der Waals surface area contributed by atoms with Gasteiger partial charge in [-0.3, -0.25) is 9.59 Å². The average molecular weight is 509 g/mol. The third kappa shape index (κ3) is 5.55. The van der Waals surface area contributed by atoms with Crippen LogP contribution in [0.2, 0.25) is 0 Å². The summed E-state index contributed by atoms with van der Waals surface area (Å²) < 4.78 is 0. The minimum atomic E-state index is -0.934. The third-order valence-corrected chi connectivity index (χ3v) is 7.47. The van der Waals surface area contributed by atoms with Crippen LogP contribution in [0.1, 0.15) is 47.6 Å². The molecule has 0 radical (unpaired) electrons. The smallest absolute Gasteiger partial charge is 0.315 e. The van der Waals surface area contributed by atoms with Gasteiger partial charge in [0.1, 0.15) is 5.92 Å². The number of anilines is 1. The SMILES string of the molecule is C[C@@H](N[C@H]1CCN(c2ccc(C(C(=O)O)c3ccc(CC(=O)O)cc3)cc2)C1)c1cccc2ccccc12. The Morgan fingerprint density at radius 2 is 1.55 bits per heavy atom. The first-order chi connectivity index (χ1) is 18.4. The van der Waals surface area contributed by atoms with Gasteiger partial charge in [0.15, 0.2) is 0 Å². The number of carboxylic acids is 2. The number of fused-ring (bicyclic) bond motifs is 1. The summed E-state index contributed by atoms with van der Waals surface area (Å²) in [5.41, 5.74) is 4.36. The second-order valence-corrected chi connectivity index (χ2v) is 10.1. The van der Waals surface area contributed by atoms with Crippen LogP contribution >= 0.6 is 0 Å². The Labute approximate surface area is 222 Å². The number of carboxylic acid groups (broad SMARTS) is 2. The van der Waals surface area contributed by atoms with Crippen molar-refractivity contribution >= 4 is 28.4 Å². The van der Waals surface area contributed by atoms with Crippen molar-refractivity contribution in [3.63, 3.8) is 0 Å². The second kappa shape index (κ2) is 11.1. The van der Waals surface area contributed by atoms with Crippen molar-refractivity contribution < 1.29 is 19.8 Å². The Kier molecular flexibility index (Phi) is 7.43. The van der Waals surface area contributed by atoms with E-state index in [0.717, 1.165) is 25.2 Å². The fourth-order valence-corrected chi connectivity index (χ4v) is 5.56. The summed E-state index contributed by atoms with van der Waals surface area (Å²) in [7, 11) is 0. The molecule has 3 atom stereocenters. The van der Waals surface area contributed by atoms with Crippen molar-refractivity contribution in [2.75, 3.05) is 18.0 Å². The van der Waals surface area contributed by atoms with E-state index in [1.807, 2.05) is 24.3 Å². The van der Waals surface area contributed by atoms with E-state index in [0.29, 0.717) is 22.7 Å². The van der Waals surface area contributed by atoms with Gasteiger partial charge in [-0.25, -0.2) is 0 Å². The van der Waals surface area contributed by atoms with Crippen molar-refractivity contribution in [1.82, 2.24) is 5.32 Å². The molecule has 1 saturated heterocycles. The number of rotatable bonds is 9. The first-order valence-corrected chi connectivity index (χ1v) is 13.0. The minimum absolute atomic E-state index is 0.0842. The summed E-state index contributed by atoms with van der Waals surface area (Å²) in [6.45, 7) is 4.05. The van der Waals surface area contributed by atoms with Crippen molar-refractivity contribution in [2.24, 2.45) is 0 Å². The molecule has 3 N–H and O–H groups in total. The molecule has 1 heterocycles. The molecule has 0 aromatic heterocycles. The number of nitrogens with one attached hydrogen (secondary N) is 1. The van der Waals surface area contributed by atoms with Crippen LogP contribution in [-0.4, -0.2) is 41.3 Å². The molecule has 0 amide bonds. The van der Waals surface area contributed by atoms with Gasteiger partial charge in [0, 0.05) is 30.9 Å². The maximum absolute atomic E-state index is 12.1. The van der Waals surface area contributed by atoms with Gasteiger partial charge in [-0.15, -0.1) is 0 Å². The van der Waals surface area contributed by atoms with Gasteiger partial charge in [0.05, 0.1) is 6.42 Å². The fraction of sp³-hybridized carbons (Fsp3) is 0.250. The van der Waals surface area contributed by atoms with Crippen LogP contribution in [-0.2, 0) is 16.0 Å². The molecule has 0 aliphatic carbocycles. The largest absolute Gasteiger partial charge is 0.481 e.